The minimum absolute atomic E-state index is 0.286. The highest BCUT2D eigenvalue weighted by molar-refractivity contribution is 7.92. The molecule has 4 nitrogen and oxygen atoms in total. The summed E-state index contributed by atoms with van der Waals surface area (Å²) in [6, 6.07) is 1.08. The summed E-state index contributed by atoms with van der Waals surface area (Å²) in [5.74, 6) is 1.11. The molecule has 1 N–H and O–H groups in total. The number of piperazine rings is 1. The van der Waals surface area contributed by atoms with E-state index in [4.69, 9.17) is 0 Å². The number of hydrogen-bond acceptors (Lipinski definition) is 4. The molecule has 2 rings (SSSR count). The quantitative estimate of drug-likeness (QED) is 0.815. The zero-order valence-electron chi connectivity index (χ0n) is 14.1. The smallest absolute Gasteiger partial charge is 0.156 e. The van der Waals surface area contributed by atoms with Gasteiger partial charge in [-0.25, -0.2) is 8.42 Å². The van der Waals surface area contributed by atoms with Crippen molar-refractivity contribution in [2.75, 3.05) is 25.4 Å². The molecule has 0 aromatic carbocycles. The first-order valence-corrected chi connectivity index (χ1v) is 10.1. The van der Waals surface area contributed by atoms with E-state index in [1.165, 1.54) is 12.8 Å². The number of sulfone groups is 1. The lowest BCUT2D eigenvalue weighted by molar-refractivity contribution is 0.122. The van der Waals surface area contributed by atoms with E-state index in [0.717, 1.165) is 31.8 Å². The van der Waals surface area contributed by atoms with Crippen molar-refractivity contribution in [1.82, 2.24) is 10.2 Å². The average molecular weight is 317 g/mol. The van der Waals surface area contributed by atoms with Gasteiger partial charge in [0, 0.05) is 31.7 Å². The Labute approximate surface area is 130 Å². The van der Waals surface area contributed by atoms with E-state index in [1.807, 2.05) is 0 Å². The van der Waals surface area contributed by atoms with Gasteiger partial charge in [0.2, 0.25) is 0 Å². The van der Waals surface area contributed by atoms with E-state index < -0.39 is 14.6 Å². The van der Waals surface area contributed by atoms with Gasteiger partial charge in [-0.15, -0.1) is 0 Å². The van der Waals surface area contributed by atoms with Crippen LogP contribution >= 0.6 is 0 Å². The van der Waals surface area contributed by atoms with Crippen LogP contribution in [0.15, 0.2) is 0 Å². The standard InChI is InChI=1S/C16H32N2O2S/c1-5-6-14-11-17-15(13-7-8-13)12-18(14)9-10-21(19,20)16(2,3)4/h13-15,17H,5-12H2,1-4H3. The Bertz CT molecular complexity index is 438. The summed E-state index contributed by atoms with van der Waals surface area (Å²) in [5, 5.41) is 3.68. The van der Waals surface area contributed by atoms with Crippen LogP contribution in [0.2, 0.25) is 0 Å². The van der Waals surface area contributed by atoms with Crippen LogP contribution < -0.4 is 5.32 Å². The molecule has 0 bridgehead atoms. The Hall–Kier alpha value is -0.130. The molecular weight excluding hydrogens is 284 g/mol. The fourth-order valence-corrected chi connectivity index (χ4v) is 4.22. The van der Waals surface area contributed by atoms with Gasteiger partial charge in [0.25, 0.3) is 0 Å². The summed E-state index contributed by atoms with van der Waals surface area (Å²) in [4.78, 5) is 2.44. The van der Waals surface area contributed by atoms with Crippen molar-refractivity contribution in [3.63, 3.8) is 0 Å². The van der Waals surface area contributed by atoms with Crippen molar-refractivity contribution in [3.05, 3.63) is 0 Å². The van der Waals surface area contributed by atoms with E-state index >= 15 is 0 Å². The second-order valence-corrected chi connectivity index (χ2v) is 10.6. The first-order chi connectivity index (χ1) is 9.74. The molecule has 2 unspecified atom stereocenters. The van der Waals surface area contributed by atoms with Crippen molar-refractivity contribution < 1.29 is 8.42 Å². The van der Waals surface area contributed by atoms with Gasteiger partial charge < -0.3 is 5.32 Å². The van der Waals surface area contributed by atoms with Gasteiger partial charge in [-0.05, 0) is 46.0 Å². The molecule has 5 heteroatoms. The Morgan fingerprint density at radius 3 is 2.43 bits per heavy atom. The summed E-state index contributed by atoms with van der Waals surface area (Å²) in [7, 11) is -3.02. The maximum atomic E-state index is 12.3. The number of nitrogens with zero attached hydrogens (tertiary/aromatic N) is 1. The van der Waals surface area contributed by atoms with Gasteiger partial charge in [-0.1, -0.05) is 13.3 Å². The summed E-state index contributed by atoms with van der Waals surface area (Å²) in [6.45, 7) is 10.3. The second kappa shape index (κ2) is 6.55. The van der Waals surface area contributed by atoms with Gasteiger partial charge in [-0.2, -0.15) is 0 Å². The van der Waals surface area contributed by atoms with E-state index in [-0.39, 0.29) is 5.75 Å². The molecule has 2 aliphatic rings. The van der Waals surface area contributed by atoms with Crippen LogP contribution in [0, 0.1) is 5.92 Å². The summed E-state index contributed by atoms with van der Waals surface area (Å²) >= 11 is 0. The van der Waals surface area contributed by atoms with Crippen LogP contribution in [0.4, 0.5) is 0 Å². The Morgan fingerprint density at radius 1 is 1.24 bits per heavy atom. The van der Waals surface area contributed by atoms with Gasteiger partial charge in [-0.3, -0.25) is 4.90 Å². The molecule has 1 aliphatic carbocycles. The topological polar surface area (TPSA) is 49.4 Å². The third-order valence-corrected chi connectivity index (χ3v) is 7.54. The highest BCUT2D eigenvalue weighted by Gasteiger charge is 2.37. The Morgan fingerprint density at radius 2 is 1.90 bits per heavy atom. The molecule has 1 saturated carbocycles. The molecule has 2 atom stereocenters. The normalized spacial score (nSPS) is 28.8. The molecule has 2 fully saturated rings. The van der Waals surface area contributed by atoms with Crippen LogP contribution in [-0.4, -0.2) is 55.5 Å². The molecule has 1 heterocycles. The monoisotopic (exact) mass is 316 g/mol. The molecule has 0 amide bonds. The Kier molecular flexibility index (Phi) is 5.37. The zero-order valence-corrected chi connectivity index (χ0v) is 14.9. The van der Waals surface area contributed by atoms with E-state index in [1.54, 1.807) is 20.8 Å². The van der Waals surface area contributed by atoms with Crippen LogP contribution in [-0.2, 0) is 9.84 Å². The third kappa shape index (κ3) is 4.42. The summed E-state index contributed by atoms with van der Waals surface area (Å²) in [6.07, 6.45) is 4.98. The number of nitrogens with one attached hydrogen (secondary N) is 1. The fourth-order valence-electron chi connectivity index (χ4n) is 3.13. The second-order valence-electron chi connectivity index (χ2n) is 7.72. The minimum Gasteiger partial charge on any atom is -0.311 e. The van der Waals surface area contributed by atoms with Crippen molar-refractivity contribution in [2.45, 2.75) is 70.2 Å². The van der Waals surface area contributed by atoms with Crippen molar-refractivity contribution in [2.24, 2.45) is 5.92 Å². The molecular formula is C16H32N2O2S. The molecule has 0 radical (unpaired) electrons. The summed E-state index contributed by atoms with van der Waals surface area (Å²) in [5.41, 5.74) is 0. The third-order valence-electron chi connectivity index (χ3n) is 4.96. The maximum Gasteiger partial charge on any atom is 0.156 e. The Balaban J connectivity index is 1.96. The lowest BCUT2D eigenvalue weighted by Gasteiger charge is -2.41. The van der Waals surface area contributed by atoms with Crippen LogP contribution in [0.1, 0.15) is 53.4 Å². The van der Waals surface area contributed by atoms with Gasteiger partial charge >= 0.3 is 0 Å². The largest absolute Gasteiger partial charge is 0.311 e. The SMILES string of the molecule is CCCC1CNC(C2CC2)CN1CCS(=O)(=O)C(C)(C)C. The number of hydrogen-bond donors (Lipinski definition) is 1. The molecule has 1 aliphatic heterocycles. The molecule has 0 aromatic rings. The lowest BCUT2D eigenvalue weighted by atomic mass is 10.0. The van der Waals surface area contributed by atoms with Crippen molar-refractivity contribution in [3.8, 4) is 0 Å². The van der Waals surface area contributed by atoms with Gasteiger partial charge in [0.1, 0.15) is 0 Å². The van der Waals surface area contributed by atoms with Crippen LogP contribution in [0.25, 0.3) is 0 Å². The molecule has 21 heavy (non-hydrogen) atoms. The minimum atomic E-state index is -3.02. The van der Waals surface area contributed by atoms with E-state index in [9.17, 15) is 8.42 Å². The summed E-state index contributed by atoms with van der Waals surface area (Å²) < 4.78 is 24.0. The fraction of sp³-hybridized carbons (Fsp3) is 1.00. The zero-order chi connectivity index (χ0) is 15.7. The first kappa shape index (κ1) is 17.2. The number of rotatable bonds is 6. The molecule has 124 valence electrons. The highest BCUT2D eigenvalue weighted by atomic mass is 32.2. The van der Waals surface area contributed by atoms with Crippen LogP contribution in [0.5, 0.6) is 0 Å². The average Bonchev–Trinajstić information content (AvgIpc) is 3.21. The van der Waals surface area contributed by atoms with E-state index in [0.29, 0.717) is 18.6 Å². The molecule has 1 saturated heterocycles. The van der Waals surface area contributed by atoms with E-state index in [2.05, 4.69) is 17.1 Å². The highest BCUT2D eigenvalue weighted by Crippen LogP contribution is 2.34. The maximum absolute atomic E-state index is 12.3. The van der Waals surface area contributed by atoms with Crippen molar-refractivity contribution >= 4 is 9.84 Å². The lowest BCUT2D eigenvalue weighted by Crippen LogP contribution is -2.58. The van der Waals surface area contributed by atoms with Crippen LogP contribution in [0.3, 0.4) is 0 Å². The van der Waals surface area contributed by atoms with Gasteiger partial charge in [0.05, 0.1) is 10.5 Å². The first-order valence-electron chi connectivity index (χ1n) is 8.44. The molecule has 0 spiro atoms. The molecule has 0 aromatic heterocycles. The van der Waals surface area contributed by atoms with Crippen molar-refractivity contribution in [1.29, 1.82) is 0 Å². The predicted molar refractivity (Wildman–Crippen MR) is 88.3 cm³/mol. The predicted octanol–water partition coefficient (Wildman–Crippen LogP) is 2.05. The van der Waals surface area contributed by atoms with Gasteiger partial charge in [0.15, 0.2) is 9.84 Å².